The van der Waals surface area contributed by atoms with E-state index >= 15 is 0 Å². The van der Waals surface area contributed by atoms with Gasteiger partial charge in [-0.15, -0.1) is 0 Å². The predicted molar refractivity (Wildman–Crippen MR) is 49.6 cm³/mol. The van der Waals surface area contributed by atoms with Gasteiger partial charge in [0.05, 0.1) is 13.0 Å². The first kappa shape index (κ1) is 12.5. The number of alkyl halides is 3. The Morgan fingerprint density at radius 3 is 2.56 bits per heavy atom. The first-order valence-corrected chi connectivity index (χ1v) is 4.61. The van der Waals surface area contributed by atoms with Crippen LogP contribution in [0.5, 0.6) is 0 Å². The Hall–Kier alpha value is -1.59. The van der Waals surface area contributed by atoms with Gasteiger partial charge in [0.25, 0.3) is 0 Å². The first-order chi connectivity index (χ1) is 7.43. The highest BCUT2D eigenvalue weighted by molar-refractivity contribution is 5.72. The van der Waals surface area contributed by atoms with Crippen LogP contribution in [0.2, 0.25) is 0 Å². The molecule has 1 aromatic heterocycles. The number of rotatable bonds is 3. The van der Waals surface area contributed by atoms with Crippen molar-refractivity contribution in [3.63, 3.8) is 0 Å². The quantitative estimate of drug-likeness (QED) is 0.751. The summed E-state index contributed by atoms with van der Waals surface area (Å²) in [6.45, 7) is 1.90. The van der Waals surface area contributed by atoms with Crippen molar-refractivity contribution in [3.8, 4) is 0 Å². The van der Waals surface area contributed by atoms with Crippen LogP contribution in [-0.2, 0) is 22.1 Å². The van der Waals surface area contributed by atoms with Crippen molar-refractivity contribution in [2.75, 3.05) is 6.61 Å². The monoisotopic (exact) mass is 233 g/mol. The van der Waals surface area contributed by atoms with Crippen molar-refractivity contribution in [2.45, 2.75) is 19.5 Å². The Labute approximate surface area is 90.2 Å². The molecule has 0 aliphatic heterocycles. The summed E-state index contributed by atoms with van der Waals surface area (Å²) < 4.78 is 41.1. The average molecular weight is 233 g/mol. The minimum atomic E-state index is -4.46. The van der Waals surface area contributed by atoms with Crippen LogP contribution >= 0.6 is 0 Å². The number of nitrogens with zero attached hydrogens (tertiary/aromatic N) is 1. The molecule has 0 atom stereocenters. The Morgan fingerprint density at radius 1 is 1.44 bits per heavy atom. The van der Waals surface area contributed by atoms with E-state index < -0.39 is 17.8 Å². The minimum absolute atomic E-state index is 0.0705. The molecule has 0 spiro atoms. The molecule has 0 bridgehead atoms. The van der Waals surface area contributed by atoms with Crippen LogP contribution < -0.4 is 0 Å². The van der Waals surface area contributed by atoms with Crippen molar-refractivity contribution < 1.29 is 22.7 Å². The number of pyridine rings is 1. The number of esters is 1. The van der Waals surface area contributed by atoms with Gasteiger partial charge in [-0.1, -0.05) is 6.07 Å². The highest BCUT2D eigenvalue weighted by Gasteiger charge is 2.32. The molecular formula is C10H10F3NO2. The van der Waals surface area contributed by atoms with Crippen molar-refractivity contribution in [2.24, 2.45) is 0 Å². The number of hydrogen-bond donors (Lipinski definition) is 0. The molecule has 6 heteroatoms. The molecule has 3 nitrogen and oxygen atoms in total. The van der Waals surface area contributed by atoms with E-state index in [4.69, 9.17) is 0 Å². The molecule has 1 heterocycles. The number of ether oxygens (including phenoxy) is 1. The summed E-state index contributed by atoms with van der Waals surface area (Å²) in [5.74, 6) is -0.482. The maximum absolute atomic E-state index is 12.1. The molecular weight excluding hydrogens is 223 g/mol. The number of halogens is 3. The Kier molecular flexibility index (Phi) is 3.87. The fourth-order valence-corrected chi connectivity index (χ4v) is 1.08. The van der Waals surface area contributed by atoms with Crippen LogP contribution in [0.1, 0.15) is 18.2 Å². The van der Waals surface area contributed by atoms with E-state index in [1.807, 2.05) is 0 Å². The largest absolute Gasteiger partial charge is 0.466 e. The summed E-state index contributed by atoms with van der Waals surface area (Å²) in [7, 11) is 0. The highest BCUT2D eigenvalue weighted by atomic mass is 19.4. The zero-order valence-corrected chi connectivity index (χ0v) is 8.54. The SMILES string of the molecule is CCOC(=O)Cc1ccc(C(F)(F)F)nc1. The van der Waals surface area contributed by atoms with Crippen molar-refractivity contribution in [3.05, 3.63) is 29.6 Å². The second-order valence-corrected chi connectivity index (χ2v) is 3.03. The van der Waals surface area contributed by atoms with E-state index in [0.29, 0.717) is 5.56 Å². The second-order valence-electron chi connectivity index (χ2n) is 3.03. The van der Waals surface area contributed by atoms with Gasteiger partial charge in [0.2, 0.25) is 0 Å². The molecule has 0 fully saturated rings. The summed E-state index contributed by atoms with van der Waals surface area (Å²) in [5.41, 5.74) is -0.577. The number of carbonyl (C=O) groups is 1. The summed E-state index contributed by atoms with van der Waals surface area (Å²) in [4.78, 5) is 14.3. The van der Waals surface area contributed by atoms with E-state index in [1.165, 1.54) is 6.07 Å². The number of carbonyl (C=O) groups excluding carboxylic acids is 1. The molecule has 0 unspecified atom stereocenters. The van der Waals surface area contributed by atoms with Gasteiger partial charge in [-0.2, -0.15) is 13.2 Å². The average Bonchev–Trinajstić information content (AvgIpc) is 2.17. The normalized spacial score (nSPS) is 11.2. The predicted octanol–water partition coefficient (Wildman–Crippen LogP) is 2.21. The van der Waals surface area contributed by atoms with Crippen LogP contribution in [0, 0.1) is 0 Å². The van der Waals surface area contributed by atoms with E-state index in [0.717, 1.165) is 12.3 Å². The van der Waals surface area contributed by atoms with Gasteiger partial charge in [0, 0.05) is 6.20 Å². The van der Waals surface area contributed by atoms with Crippen LogP contribution in [0.25, 0.3) is 0 Å². The van der Waals surface area contributed by atoms with Gasteiger partial charge in [-0.05, 0) is 18.6 Å². The van der Waals surface area contributed by atoms with E-state index in [1.54, 1.807) is 6.92 Å². The Balaban J connectivity index is 2.69. The van der Waals surface area contributed by atoms with E-state index in [9.17, 15) is 18.0 Å². The number of hydrogen-bond acceptors (Lipinski definition) is 3. The lowest BCUT2D eigenvalue weighted by Gasteiger charge is -2.06. The standard InChI is InChI=1S/C10H10F3NO2/c1-2-16-9(15)5-7-3-4-8(14-6-7)10(11,12)13/h3-4,6H,2,5H2,1H3. The third-order valence-electron chi connectivity index (χ3n) is 1.77. The lowest BCUT2D eigenvalue weighted by atomic mass is 10.2. The van der Waals surface area contributed by atoms with Crippen LogP contribution in [0.3, 0.4) is 0 Å². The molecule has 0 saturated heterocycles. The summed E-state index contributed by atoms with van der Waals surface area (Å²) in [6.07, 6.45) is -3.50. The smallest absolute Gasteiger partial charge is 0.433 e. The molecule has 16 heavy (non-hydrogen) atoms. The van der Waals surface area contributed by atoms with Gasteiger partial charge in [-0.25, -0.2) is 0 Å². The molecule has 1 aromatic rings. The molecule has 88 valence electrons. The highest BCUT2D eigenvalue weighted by Crippen LogP contribution is 2.27. The molecule has 0 N–H and O–H groups in total. The third-order valence-corrected chi connectivity index (χ3v) is 1.77. The van der Waals surface area contributed by atoms with Gasteiger partial charge in [0.1, 0.15) is 5.69 Å². The molecule has 0 aromatic carbocycles. The Bertz CT molecular complexity index is 359. The third kappa shape index (κ3) is 3.52. The van der Waals surface area contributed by atoms with Crippen molar-refractivity contribution >= 4 is 5.97 Å². The molecule has 1 rings (SSSR count). The fraction of sp³-hybridized carbons (Fsp3) is 0.400. The molecule has 0 amide bonds. The lowest BCUT2D eigenvalue weighted by molar-refractivity contribution is -0.142. The lowest BCUT2D eigenvalue weighted by Crippen LogP contribution is -2.10. The zero-order chi connectivity index (χ0) is 12.2. The maximum Gasteiger partial charge on any atom is 0.433 e. The molecule has 0 aliphatic rings. The fourth-order valence-electron chi connectivity index (χ4n) is 1.08. The minimum Gasteiger partial charge on any atom is -0.466 e. The molecule has 0 aliphatic carbocycles. The summed E-state index contributed by atoms with van der Waals surface area (Å²) in [6, 6.07) is 2.06. The van der Waals surface area contributed by atoms with Gasteiger partial charge >= 0.3 is 12.1 Å². The van der Waals surface area contributed by atoms with Crippen LogP contribution in [0.15, 0.2) is 18.3 Å². The van der Waals surface area contributed by atoms with E-state index in [-0.39, 0.29) is 13.0 Å². The van der Waals surface area contributed by atoms with Gasteiger partial charge < -0.3 is 4.74 Å². The van der Waals surface area contributed by atoms with Crippen molar-refractivity contribution in [1.29, 1.82) is 0 Å². The maximum atomic E-state index is 12.1. The first-order valence-electron chi connectivity index (χ1n) is 4.61. The molecule has 0 radical (unpaired) electrons. The van der Waals surface area contributed by atoms with Gasteiger partial charge in [-0.3, -0.25) is 9.78 Å². The number of aromatic nitrogens is 1. The van der Waals surface area contributed by atoms with E-state index in [2.05, 4.69) is 9.72 Å². The van der Waals surface area contributed by atoms with Crippen LogP contribution in [0.4, 0.5) is 13.2 Å². The second kappa shape index (κ2) is 4.96. The summed E-state index contributed by atoms with van der Waals surface area (Å²) >= 11 is 0. The summed E-state index contributed by atoms with van der Waals surface area (Å²) in [5, 5.41) is 0. The van der Waals surface area contributed by atoms with Gasteiger partial charge in [0.15, 0.2) is 0 Å². The van der Waals surface area contributed by atoms with Crippen LogP contribution in [-0.4, -0.2) is 17.6 Å². The topological polar surface area (TPSA) is 39.2 Å². The molecule has 0 saturated carbocycles. The Morgan fingerprint density at radius 2 is 2.12 bits per heavy atom. The zero-order valence-electron chi connectivity index (χ0n) is 8.54. The van der Waals surface area contributed by atoms with Crippen molar-refractivity contribution in [1.82, 2.24) is 4.98 Å².